The quantitative estimate of drug-likeness (QED) is 0.276. The molecule has 0 unspecified atom stereocenters. The lowest BCUT2D eigenvalue weighted by molar-refractivity contribution is 0.602. The van der Waals surface area contributed by atoms with Crippen LogP contribution < -0.4 is 0 Å². The molecular weight excluding hydrogens is 400 g/mol. The Morgan fingerprint density at radius 3 is 1.06 bits per heavy atom. The van der Waals surface area contributed by atoms with Gasteiger partial charge in [0.2, 0.25) is 0 Å². The van der Waals surface area contributed by atoms with E-state index in [2.05, 4.69) is 121 Å². The Labute approximate surface area is 193 Å². The van der Waals surface area contributed by atoms with Crippen LogP contribution in [0.1, 0.15) is 0 Å². The van der Waals surface area contributed by atoms with Crippen molar-refractivity contribution in [1.29, 1.82) is 0 Å². The molecule has 0 saturated heterocycles. The number of fused-ring (bicyclic) bond motifs is 1. The van der Waals surface area contributed by atoms with Gasteiger partial charge in [-0.3, -0.25) is 0 Å². The van der Waals surface area contributed by atoms with E-state index in [-0.39, 0.29) is 0 Å². The smallest absolute Gasteiger partial charge is 0.143 e. The van der Waals surface area contributed by atoms with Gasteiger partial charge in [-0.25, -0.2) is 0 Å². The lowest BCUT2D eigenvalue weighted by Crippen LogP contribution is -1.84. The van der Waals surface area contributed by atoms with E-state index in [1.54, 1.807) is 0 Å². The van der Waals surface area contributed by atoms with Crippen molar-refractivity contribution in [3.8, 4) is 44.9 Å². The van der Waals surface area contributed by atoms with E-state index in [0.717, 1.165) is 33.4 Å². The van der Waals surface area contributed by atoms with E-state index in [0.29, 0.717) is 0 Å². The van der Waals surface area contributed by atoms with Crippen LogP contribution in [0.2, 0.25) is 0 Å². The molecule has 33 heavy (non-hydrogen) atoms. The standard InChI is InChI=1S/C32H22O/c1-3-13-23(14-4-1)25-17-7-9-19-27(25)31-29-21-11-12-22-30(29)32(33-31)28-20-10-8-18-26(28)24-15-5-2-6-16-24/h1-22H. The molecule has 1 nitrogen and oxygen atoms in total. The number of hydrogen-bond acceptors (Lipinski definition) is 1. The van der Waals surface area contributed by atoms with E-state index in [1.807, 2.05) is 12.1 Å². The maximum absolute atomic E-state index is 6.76. The fourth-order valence-electron chi connectivity index (χ4n) is 4.59. The molecule has 0 fully saturated rings. The Kier molecular flexibility index (Phi) is 4.86. The summed E-state index contributed by atoms with van der Waals surface area (Å²) in [5.74, 6) is 1.81. The first-order valence-corrected chi connectivity index (χ1v) is 11.2. The van der Waals surface area contributed by atoms with E-state index < -0.39 is 0 Å². The predicted octanol–water partition coefficient (Wildman–Crippen LogP) is 9.10. The van der Waals surface area contributed by atoms with Gasteiger partial charge in [0.05, 0.1) is 0 Å². The van der Waals surface area contributed by atoms with Crippen molar-refractivity contribution in [2.45, 2.75) is 0 Å². The molecule has 0 saturated carbocycles. The maximum Gasteiger partial charge on any atom is 0.143 e. The van der Waals surface area contributed by atoms with E-state index in [1.165, 1.54) is 22.3 Å². The molecule has 0 amide bonds. The van der Waals surface area contributed by atoms with Crippen LogP contribution in [0.5, 0.6) is 0 Å². The zero-order valence-corrected chi connectivity index (χ0v) is 18.1. The van der Waals surface area contributed by atoms with Crippen LogP contribution in [0.4, 0.5) is 0 Å². The number of furan rings is 1. The summed E-state index contributed by atoms with van der Waals surface area (Å²) in [7, 11) is 0. The number of hydrogen-bond donors (Lipinski definition) is 0. The van der Waals surface area contributed by atoms with Crippen molar-refractivity contribution < 1.29 is 4.42 Å². The third-order valence-corrected chi connectivity index (χ3v) is 6.13. The van der Waals surface area contributed by atoms with Gasteiger partial charge in [-0.2, -0.15) is 0 Å². The second kappa shape index (κ2) is 8.29. The molecule has 156 valence electrons. The summed E-state index contributed by atoms with van der Waals surface area (Å²) in [4.78, 5) is 0. The van der Waals surface area contributed by atoms with Gasteiger partial charge in [-0.15, -0.1) is 0 Å². The van der Waals surface area contributed by atoms with Crippen LogP contribution in [0.15, 0.2) is 138 Å². The minimum absolute atomic E-state index is 0.905. The van der Waals surface area contributed by atoms with E-state index >= 15 is 0 Å². The lowest BCUT2D eigenvalue weighted by atomic mass is 9.95. The first-order valence-electron chi connectivity index (χ1n) is 11.2. The van der Waals surface area contributed by atoms with Gasteiger partial charge in [0.25, 0.3) is 0 Å². The second-order valence-corrected chi connectivity index (χ2v) is 8.13. The molecule has 1 heteroatoms. The molecule has 0 aliphatic heterocycles. The fraction of sp³-hybridized carbons (Fsp3) is 0. The Bertz CT molecular complexity index is 1430. The van der Waals surface area contributed by atoms with Crippen LogP contribution in [0.3, 0.4) is 0 Å². The molecule has 1 aromatic heterocycles. The Balaban J connectivity index is 1.61. The number of benzene rings is 5. The normalized spacial score (nSPS) is 11.0. The highest BCUT2D eigenvalue weighted by molar-refractivity contribution is 6.06. The van der Waals surface area contributed by atoms with E-state index in [4.69, 9.17) is 4.42 Å². The summed E-state index contributed by atoms with van der Waals surface area (Å²) in [6.45, 7) is 0. The predicted molar refractivity (Wildman–Crippen MR) is 138 cm³/mol. The van der Waals surface area contributed by atoms with Gasteiger partial charge in [0.1, 0.15) is 11.5 Å². The van der Waals surface area contributed by atoms with Crippen LogP contribution in [-0.2, 0) is 0 Å². The molecule has 5 aromatic carbocycles. The summed E-state index contributed by atoms with van der Waals surface area (Å²) in [5, 5.41) is 2.25. The minimum Gasteiger partial charge on any atom is -0.455 e. The zero-order valence-electron chi connectivity index (χ0n) is 18.1. The number of rotatable bonds is 4. The highest BCUT2D eigenvalue weighted by Crippen LogP contribution is 2.44. The fourth-order valence-corrected chi connectivity index (χ4v) is 4.59. The lowest BCUT2D eigenvalue weighted by Gasteiger charge is -2.09. The van der Waals surface area contributed by atoms with Gasteiger partial charge in [-0.05, 0) is 22.3 Å². The van der Waals surface area contributed by atoms with Gasteiger partial charge < -0.3 is 4.42 Å². The van der Waals surface area contributed by atoms with Crippen molar-refractivity contribution in [2.75, 3.05) is 0 Å². The van der Waals surface area contributed by atoms with Crippen LogP contribution in [0.25, 0.3) is 55.7 Å². The van der Waals surface area contributed by atoms with Crippen molar-refractivity contribution in [3.05, 3.63) is 133 Å². The Hall–Kier alpha value is -4.36. The van der Waals surface area contributed by atoms with Crippen molar-refractivity contribution >= 4 is 10.8 Å². The summed E-state index contributed by atoms with van der Waals surface area (Å²) in [6.07, 6.45) is 0. The third-order valence-electron chi connectivity index (χ3n) is 6.13. The van der Waals surface area contributed by atoms with Crippen LogP contribution in [0, 0.1) is 0 Å². The topological polar surface area (TPSA) is 13.1 Å². The minimum atomic E-state index is 0.905. The van der Waals surface area contributed by atoms with Gasteiger partial charge in [0, 0.05) is 21.9 Å². The zero-order chi connectivity index (χ0) is 22.0. The molecule has 0 N–H and O–H groups in total. The largest absolute Gasteiger partial charge is 0.455 e. The highest BCUT2D eigenvalue weighted by atomic mass is 16.3. The first kappa shape index (κ1) is 19.3. The first-order chi connectivity index (χ1) is 16.4. The molecule has 0 spiro atoms. The average molecular weight is 423 g/mol. The summed E-state index contributed by atoms with van der Waals surface area (Å²) < 4.78 is 6.76. The molecule has 0 aliphatic rings. The van der Waals surface area contributed by atoms with Gasteiger partial charge >= 0.3 is 0 Å². The molecule has 6 rings (SSSR count). The van der Waals surface area contributed by atoms with Gasteiger partial charge in [-0.1, -0.05) is 133 Å². The molecular formula is C32H22O. The maximum atomic E-state index is 6.76. The molecule has 0 atom stereocenters. The highest BCUT2D eigenvalue weighted by Gasteiger charge is 2.20. The van der Waals surface area contributed by atoms with Crippen LogP contribution in [-0.4, -0.2) is 0 Å². The monoisotopic (exact) mass is 422 g/mol. The molecule has 1 heterocycles. The van der Waals surface area contributed by atoms with Crippen molar-refractivity contribution in [2.24, 2.45) is 0 Å². The molecule has 6 aromatic rings. The van der Waals surface area contributed by atoms with Crippen molar-refractivity contribution in [1.82, 2.24) is 0 Å². The molecule has 0 aliphatic carbocycles. The van der Waals surface area contributed by atoms with Crippen LogP contribution >= 0.6 is 0 Å². The van der Waals surface area contributed by atoms with E-state index in [9.17, 15) is 0 Å². The Morgan fingerprint density at radius 1 is 0.303 bits per heavy atom. The Morgan fingerprint density at radius 2 is 0.636 bits per heavy atom. The van der Waals surface area contributed by atoms with Crippen molar-refractivity contribution in [3.63, 3.8) is 0 Å². The summed E-state index contributed by atoms with van der Waals surface area (Å²) in [5.41, 5.74) is 6.90. The summed E-state index contributed by atoms with van der Waals surface area (Å²) in [6, 6.07) is 46.5. The average Bonchev–Trinajstić information content (AvgIpc) is 3.29. The molecule has 0 radical (unpaired) electrons. The summed E-state index contributed by atoms with van der Waals surface area (Å²) >= 11 is 0. The second-order valence-electron chi connectivity index (χ2n) is 8.13. The van der Waals surface area contributed by atoms with Gasteiger partial charge in [0.15, 0.2) is 0 Å². The SMILES string of the molecule is c1ccc(-c2ccccc2-c2oc(-c3ccccc3-c3ccccc3)c3ccccc23)cc1. The molecule has 0 bridgehead atoms. The third kappa shape index (κ3) is 3.44.